The number of carbonyl (C=O) groups is 2. The zero-order valence-electron chi connectivity index (χ0n) is 15.7. The number of hydrogen-bond acceptors (Lipinski definition) is 3. The molecule has 1 aliphatic heterocycles. The van der Waals surface area contributed by atoms with Gasteiger partial charge in [-0.1, -0.05) is 30.3 Å². The Hall–Kier alpha value is -2.60. The molecule has 1 amide bonds. The number of benzene rings is 2. The fourth-order valence-electron chi connectivity index (χ4n) is 3.39. The first-order chi connectivity index (χ1) is 13.5. The monoisotopic (exact) mass is 387 g/mol. The number of piperidine rings is 1. The first-order valence-electron chi connectivity index (χ1n) is 9.39. The van der Waals surface area contributed by atoms with Crippen molar-refractivity contribution in [2.75, 3.05) is 13.1 Å². The number of hydrogen-bond donors (Lipinski definition) is 0. The van der Waals surface area contributed by atoms with E-state index in [1.807, 2.05) is 30.3 Å². The average Bonchev–Trinajstić information content (AvgIpc) is 2.73. The lowest BCUT2D eigenvalue weighted by Crippen LogP contribution is -2.45. The minimum atomic E-state index is -0.715. The van der Waals surface area contributed by atoms with Crippen molar-refractivity contribution in [1.29, 1.82) is 0 Å². The minimum absolute atomic E-state index is 0.126. The van der Waals surface area contributed by atoms with E-state index in [0.717, 1.165) is 23.8 Å². The van der Waals surface area contributed by atoms with Gasteiger partial charge < -0.3 is 9.64 Å². The lowest BCUT2D eigenvalue weighted by Gasteiger charge is -2.33. The Kier molecular flexibility index (Phi) is 6.52. The van der Waals surface area contributed by atoms with Gasteiger partial charge in [0, 0.05) is 19.0 Å². The van der Waals surface area contributed by atoms with Crippen molar-refractivity contribution in [1.82, 2.24) is 4.90 Å². The number of halogens is 2. The zero-order valence-corrected chi connectivity index (χ0v) is 15.7. The summed E-state index contributed by atoms with van der Waals surface area (Å²) >= 11 is 0. The Bertz CT molecular complexity index is 833. The molecule has 1 saturated heterocycles. The molecule has 3 rings (SSSR count). The van der Waals surface area contributed by atoms with Gasteiger partial charge in [0.1, 0.15) is 17.7 Å². The highest BCUT2D eigenvalue weighted by molar-refractivity contribution is 5.98. The van der Waals surface area contributed by atoms with Crippen molar-refractivity contribution >= 4 is 11.7 Å². The van der Waals surface area contributed by atoms with Crippen LogP contribution >= 0.6 is 0 Å². The third-order valence-electron chi connectivity index (χ3n) is 5.06. The fourth-order valence-corrected chi connectivity index (χ4v) is 3.39. The van der Waals surface area contributed by atoms with Gasteiger partial charge in [0.2, 0.25) is 0 Å². The van der Waals surface area contributed by atoms with Gasteiger partial charge >= 0.3 is 0 Å². The Morgan fingerprint density at radius 1 is 1.11 bits per heavy atom. The van der Waals surface area contributed by atoms with E-state index in [1.165, 1.54) is 0 Å². The fraction of sp³-hybridized carbons (Fsp3) is 0.364. The van der Waals surface area contributed by atoms with Gasteiger partial charge in [-0.15, -0.1) is 0 Å². The van der Waals surface area contributed by atoms with Gasteiger partial charge in [-0.25, -0.2) is 8.78 Å². The summed E-state index contributed by atoms with van der Waals surface area (Å²) in [6.07, 6.45) is 0.255. The van der Waals surface area contributed by atoms with Gasteiger partial charge in [-0.3, -0.25) is 9.59 Å². The maximum absolute atomic E-state index is 13.8. The number of carbonyl (C=O) groups excluding carboxylic acids is 2. The van der Waals surface area contributed by atoms with E-state index in [4.69, 9.17) is 4.74 Å². The van der Waals surface area contributed by atoms with Crippen LogP contribution < -0.4 is 0 Å². The standard InChI is InChI=1S/C22H23F2NO3/c1-15(28-14-16-5-3-2-4-6-16)22(27)25-11-9-17(10-12-25)21(26)19-13-18(23)7-8-20(19)24/h2-8,13,15,17H,9-12,14H2,1H3. The molecule has 0 spiro atoms. The number of rotatable bonds is 6. The van der Waals surface area contributed by atoms with E-state index in [1.54, 1.807) is 11.8 Å². The van der Waals surface area contributed by atoms with Crippen molar-refractivity contribution in [3.63, 3.8) is 0 Å². The third-order valence-corrected chi connectivity index (χ3v) is 5.06. The summed E-state index contributed by atoms with van der Waals surface area (Å²) in [6.45, 7) is 2.85. The van der Waals surface area contributed by atoms with Crippen LogP contribution in [0.5, 0.6) is 0 Å². The van der Waals surface area contributed by atoms with Crippen LogP contribution in [0.4, 0.5) is 8.78 Å². The van der Waals surface area contributed by atoms with Crippen molar-refractivity contribution in [3.05, 3.63) is 71.3 Å². The second-order valence-corrected chi connectivity index (χ2v) is 7.03. The number of ketones is 1. The lowest BCUT2D eigenvalue weighted by molar-refractivity contribution is -0.144. The molecule has 0 aliphatic carbocycles. The first-order valence-corrected chi connectivity index (χ1v) is 9.39. The molecule has 0 radical (unpaired) electrons. The topological polar surface area (TPSA) is 46.6 Å². The van der Waals surface area contributed by atoms with E-state index in [-0.39, 0.29) is 11.5 Å². The predicted octanol–water partition coefficient (Wildman–Crippen LogP) is 3.99. The van der Waals surface area contributed by atoms with Gasteiger partial charge in [-0.05, 0) is 43.5 Å². The molecule has 0 aromatic heterocycles. The smallest absolute Gasteiger partial charge is 0.251 e. The summed E-state index contributed by atoms with van der Waals surface area (Å²) in [4.78, 5) is 26.7. The molecule has 1 heterocycles. The largest absolute Gasteiger partial charge is 0.364 e. The van der Waals surface area contributed by atoms with Gasteiger partial charge in [0.25, 0.3) is 5.91 Å². The molecule has 0 bridgehead atoms. The molecule has 2 aromatic carbocycles. The average molecular weight is 387 g/mol. The molecule has 0 saturated carbocycles. The molecular formula is C22H23F2NO3. The van der Waals surface area contributed by atoms with Crippen LogP contribution in [0.25, 0.3) is 0 Å². The molecule has 1 atom stereocenters. The number of ether oxygens (including phenoxy) is 1. The molecule has 2 aromatic rings. The number of Topliss-reactive ketones (excluding diaryl/α,β-unsaturated/α-hetero) is 1. The van der Waals surface area contributed by atoms with Crippen molar-refractivity contribution in [2.45, 2.75) is 32.5 Å². The summed E-state index contributed by atoms with van der Waals surface area (Å²) < 4.78 is 32.8. The van der Waals surface area contributed by atoms with Crippen LogP contribution in [0.1, 0.15) is 35.7 Å². The van der Waals surface area contributed by atoms with Crippen LogP contribution in [-0.4, -0.2) is 35.8 Å². The summed E-state index contributed by atoms with van der Waals surface area (Å²) in [5.74, 6) is -2.30. The summed E-state index contributed by atoms with van der Waals surface area (Å²) in [5.41, 5.74) is 0.771. The minimum Gasteiger partial charge on any atom is -0.364 e. The number of likely N-dealkylation sites (tertiary alicyclic amines) is 1. The molecular weight excluding hydrogens is 364 g/mol. The van der Waals surface area contributed by atoms with E-state index in [2.05, 4.69) is 0 Å². The Labute approximate surface area is 163 Å². The van der Waals surface area contributed by atoms with Gasteiger partial charge in [0.05, 0.1) is 12.2 Å². The maximum Gasteiger partial charge on any atom is 0.251 e. The van der Waals surface area contributed by atoms with Crippen LogP contribution in [0.15, 0.2) is 48.5 Å². The van der Waals surface area contributed by atoms with Crippen LogP contribution in [0.3, 0.4) is 0 Å². The first kappa shape index (κ1) is 20.1. The summed E-state index contributed by atoms with van der Waals surface area (Å²) in [5, 5.41) is 0. The van der Waals surface area contributed by atoms with Crippen LogP contribution in [0, 0.1) is 17.6 Å². The molecule has 148 valence electrons. The SMILES string of the molecule is CC(OCc1ccccc1)C(=O)N1CCC(C(=O)c2cc(F)ccc2F)CC1. The second kappa shape index (κ2) is 9.06. The lowest BCUT2D eigenvalue weighted by atomic mass is 9.88. The van der Waals surface area contributed by atoms with E-state index in [9.17, 15) is 18.4 Å². The van der Waals surface area contributed by atoms with E-state index in [0.29, 0.717) is 32.5 Å². The van der Waals surface area contributed by atoms with Crippen molar-refractivity contribution in [3.8, 4) is 0 Å². The number of amides is 1. The maximum atomic E-state index is 13.8. The van der Waals surface area contributed by atoms with Crippen LogP contribution in [0.2, 0.25) is 0 Å². The number of nitrogens with zero attached hydrogens (tertiary/aromatic N) is 1. The third kappa shape index (κ3) is 4.81. The Balaban J connectivity index is 1.52. The highest BCUT2D eigenvalue weighted by Gasteiger charge is 2.31. The molecule has 6 heteroatoms. The molecule has 28 heavy (non-hydrogen) atoms. The summed E-state index contributed by atoms with van der Waals surface area (Å²) in [7, 11) is 0. The molecule has 1 aliphatic rings. The molecule has 1 unspecified atom stereocenters. The van der Waals surface area contributed by atoms with Gasteiger partial charge in [-0.2, -0.15) is 0 Å². The highest BCUT2D eigenvalue weighted by atomic mass is 19.1. The van der Waals surface area contributed by atoms with E-state index >= 15 is 0 Å². The Morgan fingerprint density at radius 2 is 1.79 bits per heavy atom. The van der Waals surface area contributed by atoms with E-state index < -0.39 is 29.4 Å². The molecule has 1 fully saturated rings. The molecule has 4 nitrogen and oxygen atoms in total. The second-order valence-electron chi connectivity index (χ2n) is 7.03. The predicted molar refractivity (Wildman–Crippen MR) is 101 cm³/mol. The van der Waals surface area contributed by atoms with Gasteiger partial charge in [0.15, 0.2) is 5.78 Å². The Morgan fingerprint density at radius 3 is 2.46 bits per heavy atom. The zero-order chi connectivity index (χ0) is 20.1. The van der Waals surface area contributed by atoms with Crippen molar-refractivity contribution in [2.24, 2.45) is 5.92 Å². The van der Waals surface area contributed by atoms with Crippen LogP contribution in [-0.2, 0) is 16.1 Å². The quantitative estimate of drug-likeness (QED) is 0.704. The highest BCUT2D eigenvalue weighted by Crippen LogP contribution is 2.24. The normalized spacial score (nSPS) is 16.0. The molecule has 0 N–H and O–H groups in total. The van der Waals surface area contributed by atoms with Crippen molar-refractivity contribution < 1.29 is 23.1 Å². The summed E-state index contributed by atoms with van der Waals surface area (Å²) in [6, 6.07) is 12.5.